The smallest absolute Gasteiger partial charge is 0.321 e. The van der Waals surface area contributed by atoms with Gasteiger partial charge in [-0.25, -0.2) is 4.79 Å². The fourth-order valence-corrected chi connectivity index (χ4v) is 4.69. The maximum Gasteiger partial charge on any atom is 0.321 e. The van der Waals surface area contributed by atoms with Crippen LogP contribution >= 0.6 is 11.3 Å². The van der Waals surface area contributed by atoms with Gasteiger partial charge >= 0.3 is 6.03 Å². The second-order valence-electron chi connectivity index (χ2n) is 8.30. The number of nitrogens with zero attached hydrogens (tertiary/aromatic N) is 3. The van der Waals surface area contributed by atoms with Crippen molar-refractivity contribution in [3.05, 3.63) is 69.2 Å². The summed E-state index contributed by atoms with van der Waals surface area (Å²) < 4.78 is 0. The molecule has 0 radical (unpaired) electrons. The lowest BCUT2D eigenvalue weighted by Crippen LogP contribution is -2.41. The molecule has 8 heteroatoms. The summed E-state index contributed by atoms with van der Waals surface area (Å²) in [7, 11) is 0. The van der Waals surface area contributed by atoms with Gasteiger partial charge in [0.15, 0.2) is 0 Å². The molecule has 2 aromatic carbocycles. The molecule has 2 N–H and O–H groups in total. The number of carbonyl (C=O) groups excluding carboxylic acids is 2. The first-order chi connectivity index (χ1) is 15.4. The maximum atomic E-state index is 12.8. The molecular weight excluding hydrogens is 422 g/mol. The molecule has 32 heavy (non-hydrogen) atoms. The van der Waals surface area contributed by atoms with E-state index in [1.807, 2.05) is 62.1 Å². The molecule has 1 saturated heterocycles. The first kappa shape index (κ1) is 22.0. The fourth-order valence-electron chi connectivity index (χ4n) is 3.82. The van der Waals surface area contributed by atoms with E-state index in [4.69, 9.17) is 0 Å². The Balaban J connectivity index is 1.39. The zero-order valence-corrected chi connectivity index (χ0v) is 19.3. The highest BCUT2D eigenvalue weighted by Gasteiger charge is 2.28. The van der Waals surface area contributed by atoms with Crippen LogP contribution < -0.4 is 10.6 Å². The molecule has 1 aliphatic rings. The summed E-state index contributed by atoms with van der Waals surface area (Å²) in [6, 6.07) is 13.5. The van der Waals surface area contributed by atoms with Crippen LogP contribution in [-0.4, -0.2) is 40.1 Å². The van der Waals surface area contributed by atoms with Gasteiger partial charge in [-0.1, -0.05) is 46.7 Å². The Kier molecular flexibility index (Phi) is 6.50. The van der Waals surface area contributed by atoms with Gasteiger partial charge in [0.25, 0.3) is 5.91 Å². The van der Waals surface area contributed by atoms with Gasteiger partial charge in [-0.3, -0.25) is 4.79 Å². The molecule has 1 aromatic heterocycles. The van der Waals surface area contributed by atoms with Crippen molar-refractivity contribution in [3.63, 3.8) is 0 Å². The number of anilines is 2. The van der Waals surface area contributed by atoms with Crippen molar-refractivity contribution < 1.29 is 9.59 Å². The normalized spacial score (nSPS) is 16.0. The van der Waals surface area contributed by atoms with Crippen LogP contribution in [0.15, 0.2) is 42.5 Å². The number of aromatic nitrogens is 2. The molecule has 3 aromatic rings. The largest absolute Gasteiger partial charge is 0.324 e. The predicted molar refractivity (Wildman–Crippen MR) is 128 cm³/mol. The molecule has 0 bridgehead atoms. The topological polar surface area (TPSA) is 87.2 Å². The van der Waals surface area contributed by atoms with Gasteiger partial charge in [-0.2, -0.15) is 0 Å². The van der Waals surface area contributed by atoms with E-state index in [1.165, 1.54) is 11.3 Å². The van der Waals surface area contributed by atoms with Crippen molar-refractivity contribution in [2.75, 3.05) is 23.7 Å². The van der Waals surface area contributed by atoms with Crippen LogP contribution in [0.3, 0.4) is 0 Å². The van der Waals surface area contributed by atoms with Crippen molar-refractivity contribution in [1.82, 2.24) is 15.1 Å². The van der Waals surface area contributed by atoms with Crippen LogP contribution in [0.25, 0.3) is 0 Å². The average Bonchev–Trinajstić information content (AvgIpc) is 3.28. The molecule has 0 aliphatic carbocycles. The number of hydrogen-bond acceptors (Lipinski definition) is 5. The van der Waals surface area contributed by atoms with Gasteiger partial charge < -0.3 is 15.5 Å². The van der Waals surface area contributed by atoms with Crippen LogP contribution in [0.5, 0.6) is 0 Å². The number of rotatable bonds is 4. The van der Waals surface area contributed by atoms with Crippen molar-refractivity contribution in [2.24, 2.45) is 0 Å². The molecule has 4 rings (SSSR count). The summed E-state index contributed by atoms with van der Waals surface area (Å²) in [4.78, 5) is 27.2. The van der Waals surface area contributed by atoms with E-state index in [1.54, 1.807) is 0 Å². The first-order valence-corrected chi connectivity index (χ1v) is 11.6. The van der Waals surface area contributed by atoms with E-state index in [9.17, 15) is 9.59 Å². The Bertz CT molecular complexity index is 1130. The van der Waals surface area contributed by atoms with Crippen molar-refractivity contribution in [1.29, 1.82) is 0 Å². The van der Waals surface area contributed by atoms with Gasteiger partial charge in [-0.15, -0.1) is 10.2 Å². The highest BCUT2D eigenvalue weighted by Crippen LogP contribution is 2.30. The lowest BCUT2D eigenvalue weighted by molar-refractivity contribution is 0.102. The Morgan fingerprint density at radius 1 is 1.00 bits per heavy atom. The van der Waals surface area contributed by atoms with E-state index < -0.39 is 0 Å². The molecular formula is C24H27N5O2S. The van der Waals surface area contributed by atoms with Crippen LogP contribution in [-0.2, 0) is 0 Å². The summed E-state index contributed by atoms with van der Waals surface area (Å²) in [6.07, 6.45) is 1.80. The van der Waals surface area contributed by atoms with E-state index in [-0.39, 0.29) is 17.9 Å². The number of aryl methyl sites for hydroxylation is 3. The third-order valence-corrected chi connectivity index (χ3v) is 6.71. The highest BCUT2D eigenvalue weighted by molar-refractivity contribution is 7.13. The van der Waals surface area contributed by atoms with Crippen molar-refractivity contribution in [2.45, 2.75) is 39.5 Å². The summed E-state index contributed by atoms with van der Waals surface area (Å²) in [5.41, 5.74) is 4.89. The predicted octanol–water partition coefficient (Wildman–Crippen LogP) is 5.13. The molecule has 1 aliphatic heterocycles. The van der Waals surface area contributed by atoms with Gasteiger partial charge in [-0.05, 0) is 57.4 Å². The quantitative estimate of drug-likeness (QED) is 0.578. The molecule has 7 nitrogen and oxygen atoms in total. The second-order valence-corrected chi connectivity index (χ2v) is 9.31. The molecule has 1 atom stereocenters. The standard InChI is InChI=1S/C24H27N5O2S/c1-15-6-9-19(10-7-15)25-21(30)23-28-27-22(32-23)18-5-4-12-29(14-18)24(31)26-20-11-8-16(2)13-17(20)3/h6-11,13,18H,4-5,12,14H2,1-3H3,(H,25,30)(H,26,31)/t18-/m0/s1. The Hall–Kier alpha value is -3.26. The highest BCUT2D eigenvalue weighted by atomic mass is 32.1. The summed E-state index contributed by atoms with van der Waals surface area (Å²) in [5.74, 6) is -0.190. The van der Waals surface area contributed by atoms with Crippen LogP contribution in [0.4, 0.5) is 16.2 Å². The monoisotopic (exact) mass is 449 g/mol. The third-order valence-electron chi connectivity index (χ3n) is 5.63. The van der Waals surface area contributed by atoms with Gasteiger partial charge in [0.1, 0.15) is 5.01 Å². The van der Waals surface area contributed by atoms with Gasteiger partial charge in [0.05, 0.1) is 0 Å². The third kappa shape index (κ3) is 5.13. The average molecular weight is 450 g/mol. The lowest BCUT2D eigenvalue weighted by atomic mass is 9.99. The van der Waals surface area contributed by atoms with Crippen molar-refractivity contribution >= 4 is 34.6 Å². The maximum absolute atomic E-state index is 12.8. The summed E-state index contributed by atoms with van der Waals surface area (Å²) >= 11 is 1.30. The molecule has 0 saturated carbocycles. The molecule has 2 heterocycles. The molecule has 1 fully saturated rings. The zero-order valence-electron chi connectivity index (χ0n) is 18.5. The molecule has 3 amide bonds. The SMILES string of the molecule is Cc1ccc(NC(=O)c2nnc([C@H]3CCCN(C(=O)Nc4ccc(C)cc4C)C3)s2)cc1. The van der Waals surface area contributed by atoms with Gasteiger partial charge in [0.2, 0.25) is 5.01 Å². The number of likely N-dealkylation sites (tertiary alicyclic amines) is 1. The molecule has 0 spiro atoms. The molecule has 166 valence electrons. The number of piperidine rings is 1. The number of nitrogens with one attached hydrogen (secondary N) is 2. The number of benzene rings is 2. The van der Waals surface area contributed by atoms with Gasteiger partial charge in [0, 0.05) is 30.4 Å². The first-order valence-electron chi connectivity index (χ1n) is 10.7. The van der Waals surface area contributed by atoms with Crippen LogP contribution in [0.2, 0.25) is 0 Å². The minimum Gasteiger partial charge on any atom is -0.324 e. The van der Waals surface area contributed by atoms with Crippen molar-refractivity contribution in [3.8, 4) is 0 Å². The van der Waals surface area contributed by atoms with E-state index in [0.29, 0.717) is 18.1 Å². The van der Waals surface area contributed by atoms with Crippen LogP contribution in [0, 0.1) is 20.8 Å². The number of amides is 3. The fraction of sp³-hybridized carbons (Fsp3) is 0.333. The Morgan fingerprint density at radius 2 is 1.75 bits per heavy atom. The second kappa shape index (κ2) is 9.48. The number of carbonyl (C=O) groups is 2. The van der Waals surface area contributed by atoms with E-state index in [0.717, 1.165) is 45.9 Å². The number of hydrogen-bond donors (Lipinski definition) is 2. The summed E-state index contributed by atoms with van der Waals surface area (Å²) in [6.45, 7) is 7.29. The Labute approximate surface area is 191 Å². The zero-order chi connectivity index (χ0) is 22.7. The number of urea groups is 1. The van der Waals surface area contributed by atoms with Crippen LogP contribution in [0.1, 0.15) is 50.3 Å². The summed E-state index contributed by atoms with van der Waals surface area (Å²) in [5, 5.41) is 15.4. The molecule has 0 unspecified atom stereocenters. The Morgan fingerprint density at radius 3 is 2.50 bits per heavy atom. The van der Waals surface area contributed by atoms with E-state index >= 15 is 0 Å². The lowest BCUT2D eigenvalue weighted by Gasteiger charge is -2.31. The van der Waals surface area contributed by atoms with E-state index in [2.05, 4.69) is 26.9 Å². The minimum absolute atomic E-state index is 0.0760. The minimum atomic E-state index is -0.266.